The number of likely N-dealkylation sites (tertiary alicyclic amines) is 1. The van der Waals surface area contributed by atoms with E-state index in [4.69, 9.17) is 4.74 Å². The average Bonchev–Trinajstić information content (AvgIpc) is 3.01. The highest BCUT2D eigenvalue weighted by atomic mass is 16.5. The predicted octanol–water partition coefficient (Wildman–Crippen LogP) is 2.21. The number of hydrogen-bond acceptors (Lipinski definition) is 4. The highest BCUT2D eigenvalue weighted by Gasteiger charge is 2.32. The van der Waals surface area contributed by atoms with Gasteiger partial charge >= 0.3 is 0 Å². The molecule has 0 saturated carbocycles. The maximum atomic E-state index is 12.7. The van der Waals surface area contributed by atoms with E-state index in [2.05, 4.69) is 4.90 Å². The standard InChI is InChI=1S/C20H30N2O3/c1-15-12-22(13-16(2)25-15)20(24)14-21-10-6-9-18(21)11-19(23)17-7-4-3-5-8-17/h3-5,7-8,15-16,18-19,23H,6,9-14H2,1-2H3/t15-,16+,18-,19-/m1/s1. The molecule has 2 aliphatic rings. The lowest BCUT2D eigenvalue weighted by atomic mass is 10.0. The van der Waals surface area contributed by atoms with Crippen molar-refractivity contribution in [3.8, 4) is 0 Å². The van der Waals surface area contributed by atoms with Gasteiger partial charge in [-0.05, 0) is 45.2 Å². The maximum absolute atomic E-state index is 12.7. The number of rotatable bonds is 5. The number of benzene rings is 1. The van der Waals surface area contributed by atoms with Crippen molar-refractivity contribution in [1.29, 1.82) is 0 Å². The van der Waals surface area contributed by atoms with Crippen molar-refractivity contribution in [3.05, 3.63) is 35.9 Å². The fourth-order valence-corrected chi connectivity index (χ4v) is 4.09. The van der Waals surface area contributed by atoms with Gasteiger partial charge in [-0.15, -0.1) is 0 Å². The fourth-order valence-electron chi connectivity index (χ4n) is 4.09. The van der Waals surface area contributed by atoms with Crippen molar-refractivity contribution in [2.45, 2.75) is 57.5 Å². The zero-order valence-electron chi connectivity index (χ0n) is 15.3. The Kier molecular flexibility index (Phi) is 6.10. The Morgan fingerprint density at radius 2 is 1.92 bits per heavy atom. The smallest absolute Gasteiger partial charge is 0.236 e. The first-order valence-electron chi connectivity index (χ1n) is 9.43. The first-order valence-corrected chi connectivity index (χ1v) is 9.43. The van der Waals surface area contributed by atoms with E-state index in [9.17, 15) is 9.90 Å². The quantitative estimate of drug-likeness (QED) is 0.888. The molecule has 4 atom stereocenters. The van der Waals surface area contributed by atoms with Gasteiger partial charge < -0.3 is 14.7 Å². The van der Waals surface area contributed by atoms with E-state index in [-0.39, 0.29) is 24.2 Å². The molecule has 5 heteroatoms. The summed E-state index contributed by atoms with van der Waals surface area (Å²) in [6.07, 6.45) is 2.56. The van der Waals surface area contributed by atoms with Crippen molar-refractivity contribution >= 4 is 5.91 Å². The normalized spacial score (nSPS) is 28.9. The zero-order chi connectivity index (χ0) is 17.8. The summed E-state index contributed by atoms with van der Waals surface area (Å²) in [6, 6.07) is 10.1. The molecule has 1 amide bonds. The van der Waals surface area contributed by atoms with E-state index in [1.165, 1.54) is 0 Å². The number of morpholine rings is 1. The van der Waals surface area contributed by atoms with Crippen LogP contribution >= 0.6 is 0 Å². The Hall–Kier alpha value is -1.43. The molecular formula is C20H30N2O3. The number of aliphatic hydroxyl groups excluding tert-OH is 1. The number of aliphatic hydroxyl groups is 1. The number of hydrogen-bond donors (Lipinski definition) is 1. The minimum absolute atomic E-state index is 0.0991. The third kappa shape index (κ3) is 4.81. The number of ether oxygens (including phenoxy) is 1. The molecule has 0 radical (unpaired) electrons. The van der Waals surface area contributed by atoms with E-state index in [1.807, 2.05) is 49.1 Å². The van der Waals surface area contributed by atoms with E-state index >= 15 is 0 Å². The number of carbonyl (C=O) groups excluding carboxylic acids is 1. The van der Waals surface area contributed by atoms with Crippen LogP contribution in [0.3, 0.4) is 0 Å². The summed E-state index contributed by atoms with van der Waals surface area (Å²) in [5.41, 5.74) is 0.955. The Balaban J connectivity index is 1.55. The predicted molar refractivity (Wildman–Crippen MR) is 97.2 cm³/mol. The molecule has 5 nitrogen and oxygen atoms in total. The van der Waals surface area contributed by atoms with E-state index in [1.54, 1.807) is 0 Å². The first-order chi connectivity index (χ1) is 12.0. The van der Waals surface area contributed by atoms with Gasteiger partial charge in [-0.2, -0.15) is 0 Å². The van der Waals surface area contributed by atoms with Crippen molar-refractivity contribution in [2.75, 3.05) is 26.2 Å². The van der Waals surface area contributed by atoms with Crippen LogP contribution in [-0.2, 0) is 9.53 Å². The fraction of sp³-hybridized carbons (Fsp3) is 0.650. The molecule has 1 aromatic carbocycles. The second kappa shape index (κ2) is 8.30. The van der Waals surface area contributed by atoms with Crippen molar-refractivity contribution in [3.63, 3.8) is 0 Å². The van der Waals surface area contributed by atoms with Crippen LogP contribution in [0, 0.1) is 0 Å². The summed E-state index contributed by atoms with van der Waals surface area (Å²) < 4.78 is 5.72. The molecule has 2 heterocycles. The molecule has 1 aromatic rings. The van der Waals surface area contributed by atoms with Crippen LogP contribution in [0.1, 0.15) is 44.8 Å². The second-order valence-corrected chi connectivity index (χ2v) is 7.48. The molecule has 138 valence electrons. The highest BCUT2D eigenvalue weighted by molar-refractivity contribution is 5.78. The lowest BCUT2D eigenvalue weighted by molar-refractivity contribution is -0.144. The lowest BCUT2D eigenvalue weighted by Crippen LogP contribution is -2.51. The van der Waals surface area contributed by atoms with Crippen LogP contribution in [0.2, 0.25) is 0 Å². The highest BCUT2D eigenvalue weighted by Crippen LogP contribution is 2.27. The van der Waals surface area contributed by atoms with Crippen molar-refractivity contribution in [2.24, 2.45) is 0 Å². The molecule has 0 bridgehead atoms. The molecule has 2 fully saturated rings. The summed E-state index contributed by atoms with van der Waals surface area (Å²) in [7, 11) is 0. The minimum Gasteiger partial charge on any atom is -0.388 e. The molecule has 2 saturated heterocycles. The molecular weight excluding hydrogens is 316 g/mol. The van der Waals surface area contributed by atoms with Gasteiger partial charge in [-0.25, -0.2) is 0 Å². The molecule has 0 spiro atoms. The van der Waals surface area contributed by atoms with Gasteiger partial charge in [-0.1, -0.05) is 30.3 Å². The summed E-state index contributed by atoms with van der Waals surface area (Å²) in [6.45, 7) is 6.78. The molecule has 1 N–H and O–H groups in total. The van der Waals surface area contributed by atoms with Crippen LogP contribution in [0.15, 0.2) is 30.3 Å². The maximum Gasteiger partial charge on any atom is 0.236 e. The van der Waals surface area contributed by atoms with Gasteiger partial charge in [0.25, 0.3) is 0 Å². The van der Waals surface area contributed by atoms with Gasteiger partial charge in [0.1, 0.15) is 0 Å². The first kappa shape index (κ1) is 18.4. The van der Waals surface area contributed by atoms with E-state index < -0.39 is 6.10 Å². The molecule has 2 aliphatic heterocycles. The molecule has 0 aliphatic carbocycles. The van der Waals surface area contributed by atoms with E-state index in [0.717, 1.165) is 24.9 Å². The summed E-state index contributed by atoms with van der Waals surface area (Å²) in [5.74, 6) is 0.183. The molecule has 3 rings (SSSR count). The largest absolute Gasteiger partial charge is 0.388 e. The molecule has 0 unspecified atom stereocenters. The third-order valence-electron chi connectivity index (χ3n) is 5.29. The van der Waals surface area contributed by atoms with Crippen LogP contribution in [0.25, 0.3) is 0 Å². The van der Waals surface area contributed by atoms with Gasteiger partial charge in [-0.3, -0.25) is 9.69 Å². The third-order valence-corrected chi connectivity index (χ3v) is 5.29. The van der Waals surface area contributed by atoms with Gasteiger partial charge in [0.2, 0.25) is 5.91 Å². The number of amides is 1. The Bertz CT molecular complexity index is 555. The zero-order valence-corrected chi connectivity index (χ0v) is 15.3. The second-order valence-electron chi connectivity index (χ2n) is 7.48. The van der Waals surface area contributed by atoms with Crippen LogP contribution < -0.4 is 0 Å². The van der Waals surface area contributed by atoms with E-state index in [0.29, 0.717) is 26.1 Å². The molecule has 0 aromatic heterocycles. The topological polar surface area (TPSA) is 53.0 Å². The van der Waals surface area contributed by atoms with Crippen LogP contribution in [-0.4, -0.2) is 65.2 Å². The Morgan fingerprint density at radius 3 is 2.60 bits per heavy atom. The number of carbonyl (C=O) groups is 1. The van der Waals surface area contributed by atoms with Gasteiger partial charge in [0, 0.05) is 19.1 Å². The summed E-state index contributed by atoms with van der Waals surface area (Å²) in [5, 5.41) is 10.5. The molecule has 25 heavy (non-hydrogen) atoms. The van der Waals surface area contributed by atoms with Gasteiger partial charge in [0.15, 0.2) is 0 Å². The Labute approximate surface area is 150 Å². The monoisotopic (exact) mass is 346 g/mol. The summed E-state index contributed by atoms with van der Waals surface area (Å²) in [4.78, 5) is 16.9. The van der Waals surface area contributed by atoms with Crippen LogP contribution in [0.5, 0.6) is 0 Å². The van der Waals surface area contributed by atoms with Gasteiger partial charge in [0.05, 0.1) is 24.9 Å². The average molecular weight is 346 g/mol. The minimum atomic E-state index is -0.467. The lowest BCUT2D eigenvalue weighted by Gasteiger charge is -2.37. The van der Waals surface area contributed by atoms with Crippen LogP contribution in [0.4, 0.5) is 0 Å². The SMILES string of the molecule is C[C@@H]1CN(C(=O)CN2CCC[C@@H]2C[C@@H](O)c2ccccc2)C[C@H](C)O1. The van der Waals surface area contributed by atoms with Crippen molar-refractivity contribution in [1.82, 2.24) is 9.80 Å². The summed E-state index contributed by atoms with van der Waals surface area (Å²) >= 11 is 0. The number of nitrogens with zero attached hydrogens (tertiary/aromatic N) is 2. The van der Waals surface area contributed by atoms with Crippen molar-refractivity contribution < 1.29 is 14.6 Å². The Morgan fingerprint density at radius 1 is 1.24 bits per heavy atom.